The predicted octanol–water partition coefficient (Wildman–Crippen LogP) is 5.09. The Hall–Kier alpha value is -2.95. The van der Waals surface area contributed by atoms with Crippen LogP contribution in [0.3, 0.4) is 0 Å². The van der Waals surface area contributed by atoms with Gasteiger partial charge in [0.2, 0.25) is 23.5 Å². The van der Waals surface area contributed by atoms with E-state index in [1.165, 1.54) is 0 Å². The van der Waals surface area contributed by atoms with E-state index < -0.39 is 52.6 Å². The third kappa shape index (κ3) is 8.06. The summed E-state index contributed by atoms with van der Waals surface area (Å²) in [4.78, 5) is 74.0. The molecule has 1 unspecified atom stereocenters. The first-order chi connectivity index (χ1) is 24.5. The molecule has 2 aliphatic carbocycles. The molecule has 4 N–H and O–H groups in total. The number of nitrogens with zero attached hydrogens (tertiary/aromatic N) is 2. The summed E-state index contributed by atoms with van der Waals surface area (Å²) in [6.45, 7) is 30.7. The lowest BCUT2D eigenvalue weighted by atomic mass is 9.73. The van der Waals surface area contributed by atoms with Gasteiger partial charge in [0.15, 0.2) is 0 Å². The molecule has 4 fully saturated rings. The fraction of sp³-hybridized carbons (Fsp3) is 0.833. The van der Waals surface area contributed by atoms with Gasteiger partial charge in [-0.3, -0.25) is 28.9 Å². The fourth-order valence-electron chi connectivity index (χ4n) is 10.1. The number of carbonyl (C=O) groups excluding carboxylic acids is 5. The zero-order chi connectivity index (χ0) is 39.9. The Morgan fingerprint density at radius 3 is 1.92 bits per heavy atom. The van der Waals surface area contributed by atoms with Crippen LogP contribution >= 0.6 is 0 Å². The number of amides is 4. The van der Waals surface area contributed by atoms with Gasteiger partial charge >= 0.3 is 0 Å². The van der Waals surface area contributed by atoms with Crippen molar-refractivity contribution in [1.29, 1.82) is 0 Å². The zero-order valence-corrected chi connectivity index (χ0v) is 35.1. The molecule has 2 heterocycles. The highest BCUT2D eigenvalue weighted by molar-refractivity contribution is 6.38. The third-order valence-corrected chi connectivity index (χ3v) is 13.5. The summed E-state index contributed by atoms with van der Waals surface area (Å²) < 4.78 is 0. The van der Waals surface area contributed by atoms with E-state index >= 15 is 4.79 Å². The van der Waals surface area contributed by atoms with Crippen LogP contribution in [0.5, 0.6) is 0 Å². The van der Waals surface area contributed by atoms with E-state index in [9.17, 15) is 19.2 Å². The molecule has 2 saturated heterocycles. The summed E-state index contributed by atoms with van der Waals surface area (Å²) in [7, 11) is 0. The first-order valence-corrected chi connectivity index (χ1v) is 20.4. The van der Waals surface area contributed by atoms with Crippen LogP contribution < -0.4 is 21.3 Å². The highest BCUT2D eigenvalue weighted by Crippen LogP contribution is 2.88. The van der Waals surface area contributed by atoms with E-state index in [4.69, 9.17) is 0 Å². The molecule has 6 atom stereocenters. The summed E-state index contributed by atoms with van der Waals surface area (Å²) in [5, 5.41) is 12.3. The van der Waals surface area contributed by atoms with Crippen LogP contribution in [0.2, 0.25) is 0 Å². The second-order valence-electron chi connectivity index (χ2n) is 19.6. The monoisotopic (exact) mass is 741 g/mol. The Morgan fingerprint density at radius 2 is 1.43 bits per heavy atom. The summed E-state index contributed by atoms with van der Waals surface area (Å²) in [5.74, 6) is -2.41. The maximum Gasteiger partial charge on any atom is 0.289 e. The molecular weight excluding hydrogens is 668 g/mol. The number of piperidine rings is 1. The van der Waals surface area contributed by atoms with E-state index in [1.54, 1.807) is 18.7 Å². The van der Waals surface area contributed by atoms with Crippen LogP contribution in [0.4, 0.5) is 0 Å². The van der Waals surface area contributed by atoms with Gasteiger partial charge in [0.05, 0.1) is 6.04 Å². The smallest absolute Gasteiger partial charge is 0.289 e. The van der Waals surface area contributed by atoms with Gasteiger partial charge in [0.1, 0.15) is 18.1 Å². The Balaban J connectivity index is 1.64. The van der Waals surface area contributed by atoms with Gasteiger partial charge < -0.3 is 26.2 Å². The molecule has 0 bridgehead atoms. The lowest BCUT2D eigenvalue weighted by Gasteiger charge is -2.41. The van der Waals surface area contributed by atoms with Crippen LogP contribution in [0.15, 0.2) is 12.3 Å². The SMILES string of the molecule is C=C(NC(C(=O)N[C@H](C(=O)N1C[C@]2(C[C@H]1C(=O)N[C@@H](CCC)C(=O)C(=O)NC(C)C)C(C)(C)C21CCC1)C(C)(C)C)C(C)(C)C)[C@H]1CCCCN1CC. The number of Topliss-reactive ketones (excluding diaryl/α,β-unsaturated/α-hetero) is 1. The van der Waals surface area contributed by atoms with E-state index in [0.717, 1.165) is 57.3 Å². The Morgan fingerprint density at radius 1 is 0.811 bits per heavy atom. The van der Waals surface area contributed by atoms with Gasteiger partial charge in [-0.15, -0.1) is 0 Å². The van der Waals surface area contributed by atoms with E-state index in [0.29, 0.717) is 25.8 Å². The number of ketones is 1. The van der Waals surface area contributed by atoms with Crippen molar-refractivity contribution in [3.05, 3.63) is 12.3 Å². The van der Waals surface area contributed by atoms with Crippen LogP contribution in [0.1, 0.15) is 141 Å². The molecule has 2 aliphatic heterocycles. The molecule has 2 saturated carbocycles. The average molecular weight is 741 g/mol. The van der Waals surface area contributed by atoms with Crippen molar-refractivity contribution in [2.75, 3.05) is 19.6 Å². The van der Waals surface area contributed by atoms with Gasteiger partial charge in [-0.25, -0.2) is 0 Å². The highest BCUT2D eigenvalue weighted by atomic mass is 16.2. The second kappa shape index (κ2) is 15.7. The number of nitrogens with one attached hydrogen (secondary N) is 4. The van der Waals surface area contributed by atoms with Crippen LogP contribution in [0, 0.1) is 27.1 Å². The maximum absolute atomic E-state index is 15.0. The van der Waals surface area contributed by atoms with E-state index in [1.807, 2.05) is 48.5 Å². The van der Waals surface area contributed by atoms with Crippen molar-refractivity contribution in [3.8, 4) is 0 Å². The predicted molar refractivity (Wildman–Crippen MR) is 210 cm³/mol. The van der Waals surface area contributed by atoms with Crippen LogP contribution in [-0.2, 0) is 24.0 Å². The summed E-state index contributed by atoms with van der Waals surface area (Å²) in [6, 6.07) is -3.51. The minimum absolute atomic E-state index is 0.0525. The quantitative estimate of drug-likeness (QED) is 0.182. The van der Waals surface area contributed by atoms with Crippen molar-refractivity contribution in [3.63, 3.8) is 0 Å². The topological polar surface area (TPSA) is 140 Å². The second-order valence-corrected chi connectivity index (χ2v) is 19.6. The van der Waals surface area contributed by atoms with Crippen molar-refractivity contribution >= 4 is 29.4 Å². The average Bonchev–Trinajstić information content (AvgIpc) is 3.26. The Bertz CT molecular complexity index is 1420. The van der Waals surface area contributed by atoms with Gasteiger partial charge in [0, 0.05) is 29.7 Å². The van der Waals surface area contributed by atoms with Gasteiger partial charge in [-0.1, -0.05) is 95.1 Å². The maximum atomic E-state index is 15.0. The Labute approximate surface area is 320 Å². The van der Waals surface area contributed by atoms with Gasteiger partial charge in [0.25, 0.3) is 5.91 Å². The minimum Gasteiger partial charge on any atom is -0.376 e. The van der Waals surface area contributed by atoms with Crippen LogP contribution in [0.25, 0.3) is 0 Å². The molecule has 11 nitrogen and oxygen atoms in total. The molecule has 0 aromatic rings. The standard InChI is InChI=1S/C42H72N6O5/c1-14-19-28(31(49)35(51)43-26(3)4)45-34(50)30-24-42(40(12,13)41(42)21-18-22-41)25-48(30)37(53)33(39(9,10)11)46-36(52)32(38(6,7)8)44-27(5)29-20-16-17-23-47(29)15-2/h26,28-30,32-33,44H,5,14-25H2,1-4,6-13H3,(H,43,51)(H,45,50)(H,46,52)/t28-,29+,30-,32?,33+,42+/m0/s1. The molecule has 300 valence electrons. The van der Waals surface area contributed by atoms with Gasteiger partial charge in [-0.2, -0.15) is 0 Å². The number of hydrogen-bond acceptors (Lipinski definition) is 7. The molecule has 0 aromatic heterocycles. The zero-order valence-electron chi connectivity index (χ0n) is 35.1. The number of carbonyl (C=O) groups is 5. The van der Waals surface area contributed by atoms with Crippen LogP contribution in [-0.4, -0.2) is 95.1 Å². The number of fused-ring (bicyclic) bond motifs is 1. The normalized spacial score (nSPS) is 26.7. The lowest BCUT2D eigenvalue weighted by Crippen LogP contribution is -2.62. The first kappa shape index (κ1) is 42.8. The minimum atomic E-state index is -0.998. The van der Waals surface area contributed by atoms with Crippen molar-refractivity contribution < 1.29 is 24.0 Å². The molecular formula is C42H72N6O5. The fourth-order valence-corrected chi connectivity index (χ4v) is 10.1. The summed E-state index contributed by atoms with van der Waals surface area (Å²) >= 11 is 0. The number of likely N-dealkylation sites (N-methyl/N-ethyl adjacent to an activating group) is 1. The van der Waals surface area contributed by atoms with Crippen molar-refractivity contribution in [1.82, 2.24) is 31.1 Å². The highest BCUT2D eigenvalue weighted by Gasteiger charge is 2.85. The lowest BCUT2D eigenvalue weighted by molar-refractivity contribution is -0.145. The molecule has 53 heavy (non-hydrogen) atoms. The van der Waals surface area contributed by atoms with Gasteiger partial charge in [-0.05, 0) is 87.1 Å². The summed E-state index contributed by atoms with van der Waals surface area (Å²) in [6.07, 6.45) is 7.85. The first-order valence-electron chi connectivity index (χ1n) is 20.4. The van der Waals surface area contributed by atoms with Crippen molar-refractivity contribution in [2.45, 2.75) is 177 Å². The largest absolute Gasteiger partial charge is 0.376 e. The number of hydrogen-bond donors (Lipinski definition) is 4. The van der Waals surface area contributed by atoms with Crippen molar-refractivity contribution in [2.24, 2.45) is 27.1 Å². The number of rotatable bonds is 14. The van der Waals surface area contributed by atoms with E-state index in [2.05, 4.69) is 53.5 Å². The molecule has 0 aromatic carbocycles. The molecule has 4 aliphatic rings. The Kier molecular flexibility index (Phi) is 12.6. The third-order valence-electron chi connectivity index (χ3n) is 13.5. The molecule has 4 amide bonds. The molecule has 2 spiro atoms. The van der Waals surface area contributed by atoms with E-state index in [-0.39, 0.29) is 40.1 Å². The molecule has 0 radical (unpaired) electrons. The number of likely N-dealkylation sites (tertiary alicyclic amines) is 2. The summed E-state index contributed by atoms with van der Waals surface area (Å²) in [5.41, 5.74) is -0.638. The molecule has 11 heteroatoms. The molecule has 4 rings (SSSR count).